The normalized spacial score (nSPS) is 11.0. The molecule has 0 fully saturated rings. The highest BCUT2D eigenvalue weighted by Crippen LogP contribution is 2.22. The van der Waals surface area contributed by atoms with Crippen molar-refractivity contribution < 1.29 is 0 Å². The SMILES string of the molecule is CCc1[nH]nc2ccc(C)c(C)c12. The van der Waals surface area contributed by atoms with E-state index in [0.29, 0.717) is 0 Å². The highest BCUT2D eigenvalue weighted by Gasteiger charge is 2.07. The van der Waals surface area contributed by atoms with Crippen molar-refractivity contribution in [3.8, 4) is 0 Å². The number of benzene rings is 1. The zero-order valence-electron chi connectivity index (χ0n) is 8.31. The third kappa shape index (κ3) is 1.13. The lowest BCUT2D eigenvalue weighted by Gasteiger charge is -2.01. The summed E-state index contributed by atoms with van der Waals surface area (Å²) in [5.74, 6) is 0. The first kappa shape index (κ1) is 8.30. The van der Waals surface area contributed by atoms with Crippen LogP contribution in [0.1, 0.15) is 23.7 Å². The smallest absolute Gasteiger partial charge is 0.0926 e. The van der Waals surface area contributed by atoms with Crippen LogP contribution >= 0.6 is 0 Å². The lowest BCUT2D eigenvalue weighted by molar-refractivity contribution is 0.987. The number of hydrogen-bond acceptors (Lipinski definition) is 1. The minimum Gasteiger partial charge on any atom is -0.281 e. The summed E-state index contributed by atoms with van der Waals surface area (Å²) < 4.78 is 0. The van der Waals surface area contributed by atoms with Gasteiger partial charge in [-0.25, -0.2) is 0 Å². The van der Waals surface area contributed by atoms with E-state index in [4.69, 9.17) is 0 Å². The topological polar surface area (TPSA) is 28.7 Å². The molecule has 1 N–H and O–H groups in total. The summed E-state index contributed by atoms with van der Waals surface area (Å²) in [6.45, 7) is 6.45. The van der Waals surface area contributed by atoms with Gasteiger partial charge in [-0.1, -0.05) is 13.0 Å². The van der Waals surface area contributed by atoms with Crippen molar-refractivity contribution in [1.82, 2.24) is 10.2 Å². The van der Waals surface area contributed by atoms with Gasteiger partial charge < -0.3 is 0 Å². The van der Waals surface area contributed by atoms with E-state index in [0.717, 1.165) is 11.9 Å². The molecule has 0 atom stereocenters. The minimum atomic E-state index is 1.01. The molecule has 2 aromatic rings. The van der Waals surface area contributed by atoms with Crippen molar-refractivity contribution in [1.29, 1.82) is 0 Å². The quantitative estimate of drug-likeness (QED) is 0.707. The molecule has 2 heteroatoms. The van der Waals surface area contributed by atoms with Gasteiger partial charge in [-0.05, 0) is 37.5 Å². The van der Waals surface area contributed by atoms with Crippen LogP contribution in [0, 0.1) is 13.8 Å². The van der Waals surface area contributed by atoms with Crippen LogP contribution in [0.25, 0.3) is 10.9 Å². The maximum absolute atomic E-state index is 4.27. The molecule has 68 valence electrons. The van der Waals surface area contributed by atoms with Gasteiger partial charge in [-0.2, -0.15) is 5.10 Å². The van der Waals surface area contributed by atoms with Crippen molar-refractivity contribution in [3.63, 3.8) is 0 Å². The Morgan fingerprint density at radius 2 is 2.08 bits per heavy atom. The Morgan fingerprint density at radius 1 is 1.31 bits per heavy atom. The number of H-pyrrole nitrogens is 1. The molecule has 1 heterocycles. The second-order valence-corrected chi connectivity index (χ2v) is 3.46. The van der Waals surface area contributed by atoms with Crippen molar-refractivity contribution in [2.24, 2.45) is 0 Å². The molecule has 13 heavy (non-hydrogen) atoms. The molecule has 0 aliphatic rings. The first-order valence-electron chi connectivity index (χ1n) is 4.67. The molecule has 0 aliphatic heterocycles. The van der Waals surface area contributed by atoms with Gasteiger partial charge in [0.1, 0.15) is 0 Å². The molecular formula is C11H14N2. The zero-order valence-corrected chi connectivity index (χ0v) is 8.31. The minimum absolute atomic E-state index is 1.01. The summed E-state index contributed by atoms with van der Waals surface area (Å²) in [6.07, 6.45) is 1.01. The fourth-order valence-electron chi connectivity index (χ4n) is 1.72. The fraction of sp³-hybridized carbons (Fsp3) is 0.364. The largest absolute Gasteiger partial charge is 0.281 e. The van der Waals surface area contributed by atoms with Crippen LogP contribution in [0.3, 0.4) is 0 Å². The molecule has 1 aromatic heterocycles. The summed E-state index contributed by atoms with van der Waals surface area (Å²) in [5, 5.41) is 8.66. The maximum atomic E-state index is 4.27. The van der Waals surface area contributed by atoms with E-state index in [1.54, 1.807) is 0 Å². The molecule has 2 nitrogen and oxygen atoms in total. The summed E-state index contributed by atoms with van der Waals surface area (Å²) in [4.78, 5) is 0. The van der Waals surface area contributed by atoms with E-state index in [1.165, 1.54) is 22.2 Å². The van der Waals surface area contributed by atoms with Crippen molar-refractivity contribution in [3.05, 3.63) is 29.0 Å². The Hall–Kier alpha value is -1.31. The number of rotatable bonds is 1. The molecule has 0 unspecified atom stereocenters. The lowest BCUT2D eigenvalue weighted by Crippen LogP contribution is -1.85. The molecular weight excluding hydrogens is 160 g/mol. The summed E-state index contributed by atoms with van der Waals surface area (Å²) in [5.41, 5.74) is 5.02. The Kier molecular flexibility index (Phi) is 1.83. The maximum Gasteiger partial charge on any atom is 0.0926 e. The van der Waals surface area contributed by atoms with Gasteiger partial charge >= 0.3 is 0 Å². The van der Waals surface area contributed by atoms with Crippen LogP contribution in [-0.4, -0.2) is 10.2 Å². The standard InChI is InChI=1S/C11H14N2/c1-4-9-11-8(3)7(2)5-6-10(11)13-12-9/h5-6H,4H2,1-3H3,(H,12,13). The number of aromatic amines is 1. The van der Waals surface area contributed by atoms with Crippen LogP contribution in [0.5, 0.6) is 0 Å². The van der Waals surface area contributed by atoms with Crippen molar-refractivity contribution in [2.45, 2.75) is 27.2 Å². The fourth-order valence-corrected chi connectivity index (χ4v) is 1.72. The molecule has 0 aliphatic carbocycles. The van der Waals surface area contributed by atoms with Gasteiger partial charge in [0.15, 0.2) is 0 Å². The van der Waals surface area contributed by atoms with Crippen LogP contribution < -0.4 is 0 Å². The van der Waals surface area contributed by atoms with E-state index >= 15 is 0 Å². The average molecular weight is 174 g/mol. The summed E-state index contributed by atoms with van der Waals surface area (Å²) in [6, 6.07) is 4.20. The highest BCUT2D eigenvalue weighted by atomic mass is 15.1. The number of hydrogen-bond donors (Lipinski definition) is 1. The van der Waals surface area contributed by atoms with Gasteiger partial charge in [0.2, 0.25) is 0 Å². The molecule has 2 rings (SSSR count). The monoisotopic (exact) mass is 174 g/mol. The predicted molar refractivity (Wildman–Crippen MR) is 54.9 cm³/mol. The summed E-state index contributed by atoms with van der Waals surface area (Å²) >= 11 is 0. The van der Waals surface area contributed by atoms with E-state index in [9.17, 15) is 0 Å². The highest BCUT2D eigenvalue weighted by molar-refractivity contribution is 5.85. The summed E-state index contributed by atoms with van der Waals surface area (Å²) in [7, 11) is 0. The van der Waals surface area contributed by atoms with E-state index in [1.807, 2.05) is 0 Å². The Balaban J connectivity index is 2.85. The second kappa shape index (κ2) is 2.87. The van der Waals surface area contributed by atoms with Crippen molar-refractivity contribution in [2.75, 3.05) is 0 Å². The number of nitrogens with one attached hydrogen (secondary N) is 1. The van der Waals surface area contributed by atoms with Crippen LogP contribution in [0.2, 0.25) is 0 Å². The number of aromatic nitrogens is 2. The Labute approximate surface area is 78.0 Å². The first-order valence-corrected chi connectivity index (χ1v) is 4.67. The van der Waals surface area contributed by atoms with Crippen LogP contribution in [0.15, 0.2) is 12.1 Å². The van der Waals surface area contributed by atoms with Gasteiger partial charge in [-0.15, -0.1) is 0 Å². The van der Waals surface area contributed by atoms with Gasteiger partial charge in [-0.3, -0.25) is 5.10 Å². The molecule has 0 bridgehead atoms. The Bertz CT molecular complexity index is 441. The zero-order chi connectivity index (χ0) is 9.42. The molecule has 0 saturated heterocycles. The van der Waals surface area contributed by atoms with E-state index in [2.05, 4.69) is 43.1 Å². The van der Waals surface area contributed by atoms with Crippen LogP contribution in [0.4, 0.5) is 0 Å². The molecule has 0 amide bonds. The lowest BCUT2D eigenvalue weighted by atomic mass is 10.0. The Morgan fingerprint density at radius 3 is 2.77 bits per heavy atom. The second-order valence-electron chi connectivity index (χ2n) is 3.46. The van der Waals surface area contributed by atoms with E-state index in [-0.39, 0.29) is 0 Å². The van der Waals surface area contributed by atoms with Crippen LogP contribution in [-0.2, 0) is 6.42 Å². The van der Waals surface area contributed by atoms with Gasteiger partial charge in [0.25, 0.3) is 0 Å². The molecule has 0 saturated carbocycles. The predicted octanol–water partition coefficient (Wildman–Crippen LogP) is 2.74. The number of fused-ring (bicyclic) bond motifs is 1. The van der Waals surface area contributed by atoms with E-state index < -0.39 is 0 Å². The third-order valence-electron chi connectivity index (χ3n) is 2.68. The average Bonchev–Trinajstić information content (AvgIpc) is 2.55. The number of aryl methyl sites for hydroxylation is 3. The molecule has 0 spiro atoms. The third-order valence-corrected chi connectivity index (χ3v) is 2.68. The van der Waals surface area contributed by atoms with Crippen molar-refractivity contribution >= 4 is 10.9 Å². The van der Waals surface area contributed by atoms with Gasteiger partial charge in [0.05, 0.1) is 5.52 Å². The van der Waals surface area contributed by atoms with Gasteiger partial charge in [0, 0.05) is 11.1 Å². The number of nitrogens with zero attached hydrogens (tertiary/aromatic N) is 1. The molecule has 0 radical (unpaired) electrons. The first-order chi connectivity index (χ1) is 6.24. The molecule has 1 aromatic carbocycles.